The number of rotatable bonds is 4. The number of nitrogens with zero attached hydrogens (tertiary/aromatic N) is 4. The van der Waals surface area contributed by atoms with Crippen molar-refractivity contribution in [3.8, 4) is 11.4 Å². The summed E-state index contributed by atoms with van der Waals surface area (Å²) in [4.78, 5) is 22.0. The van der Waals surface area contributed by atoms with Gasteiger partial charge in [0.05, 0.1) is 10.9 Å². The number of thiophene rings is 1. The highest BCUT2D eigenvalue weighted by Gasteiger charge is 2.28. The van der Waals surface area contributed by atoms with E-state index in [4.69, 9.17) is 4.52 Å². The third-order valence-electron chi connectivity index (χ3n) is 4.71. The van der Waals surface area contributed by atoms with Crippen LogP contribution < -0.4 is 0 Å². The van der Waals surface area contributed by atoms with Gasteiger partial charge in [0.15, 0.2) is 0 Å². The van der Waals surface area contributed by atoms with Gasteiger partial charge in [0.2, 0.25) is 11.7 Å². The van der Waals surface area contributed by atoms with Gasteiger partial charge in [-0.1, -0.05) is 41.6 Å². The summed E-state index contributed by atoms with van der Waals surface area (Å²) in [7, 11) is 0. The van der Waals surface area contributed by atoms with Gasteiger partial charge in [0.25, 0.3) is 5.91 Å². The molecule has 1 amide bonds. The first-order valence-electron chi connectivity index (χ1n) is 8.68. The number of piperazine rings is 1. The quantitative estimate of drug-likeness (QED) is 0.707. The first-order valence-corrected chi connectivity index (χ1v) is 9.56. The summed E-state index contributed by atoms with van der Waals surface area (Å²) < 4.78 is 5.49. The van der Waals surface area contributed by atoms with Crippen LogP contribution in [0.5, 0.6) is 0 Å². The van der Waals surface area contributed by atoms with Gasteiger partial charge in [-0.25, -0.2) is 0 Å². The second-order valence-electron chi connectivity index (χ2n) is 6.30. The highest BCUT2D eigenvalue weighted by Crippen LogP contribution is 2.24. The van der Waals surface area contributed by atoms with Crippen LogP contribution in [0.4, 0.5) is 0 Å². The van der Waals surface area contributed by atoms with E-state index in [1.54, 1.807) is 0 Å². The van der Waals surface area contributed by atoms with Gasteiger partial charge in [0.1, 0.15) is 0 Å². The molecule has 3 aromatic rings. The van der Waals surface area contributed by atoms with Crippen molar-refractivity contribution in [1.82, 2.24) is 19.9 Å². The monoisotopic (exact) mass is 368 g/mol. The van der Waals surface area contributed by atoms with Crippen molar-refractivity contribution in [3.05, 3.63) is 58.6 Å². The number of aromatic nitrogens is 2. The van der Waals surface area contributed by atoms with E-state index in [9.17, 15) is 4.79 Å². The summed E-state index contributed by atoms with van der Waals surface area (Å²) >= 11 is 1.49. The molecule has 1 aliphatic heterocycles. The Morgan fingerprint density at radius 2 is 1.88 bits per heavy atom. The van der Waals surface area contributed by atoms with E-state index in [2.05, 4.69) is 22.0 Å². The van der Waals surface area contributed by atoms with Crippen LogP contribution in [-0.2, 0) is 0 Å². The summed E-state index contributed by atoms with van der Waals surface area (Å²) in [5, 5.41) is 6.04. The molecular weight excluding hydrogens is 348 g/mol. The molecule has 0 bridgehead atoms. The molecule has 4 rings (SSSR count). The molecule has 0 spiro atoms. The fourth-order valence-electron chi connectivity index (χ4n) is 3.13. The van der Waals surface area contributed by atoms with Crippen LogP contribution in [-0.4, -0.2) is 52.0 Å². The molecule has 1 fully saturated rings. The molecular formula is C19H20N4O2S. The summed E-state index contributed by atoms with van der Waals surface area (Å²) in [5.41, 5.74) is 0.945. The van der Waals surface area contributed by atoms with Gasteiger partial charge < -0.3 is 9.42 Å². The summed E-state index contributed by atoms with van der Waals surface area (Å²) in [6.07, 6.45) is 0. The maximum absolute atomic E-state index is 12.4. The second-order valence-corrected chi connectivity index (χ2v) is 7.25. The second kappa shape index (κ2) is 7.39. The standard InChI is InChI=1S/C19H20N4O2S/c1-14(18-20-17(21-25-18)15-6-3-2-4-7-15)22-9-11-23(12-10-22)19(24)16-8-5-13-26-16/h2-8,13-14H,9-12H2,1H3. The maximum atomic E-state index is 12.4. The highest BCUT2D eigenvalue weighted by atomic mass is 32.1. The Balaban J connectivity index is 1.39. The van der Waals surface area contributed by atoms with Gasteiger partial charge in [0, 0.05) is 31.7 Å². The third-order valence-corrected chi connectivity index (χ3v) is 5.57. The zero-order chi connectivity index (χ0) is 17.9. The Kier molecular flexibility index (Phi) is 4.81. The molecule has 134 valence electrons. The van der Waals surface area contributed by atoms with E-state index < -0.39 is 0 Å². The van der Waals surface area contributed by atoms with Crippen LogP contribution in [0.2, 0.25) is 0 Å². The Labute approximate surface area is 156 Å². The maximum Gasteiger partial charge on any atom is 0.264 e. The van der Waals surface area contributed by atoms with Crippen molar-refractivity contribution >= 4 is 17.2 Å². The number of benzene rings is 1. The van der Waals surface area contributed by atoms with Crippen molar-refractivity contribution in [2.75, 3.05) is 26.2 Å². The molecule has 0 aliphatic carbocycles. The first-order chi connectivity index (χ1) is 12.7. The predicted octanol–water partition coefficient (Wildman–Crippen LogP) is 3.32. The molecule has 1 aliphatic rings. The SMILES string of the molecule is CC(c1nc(-c2ccccc2)no1)N1CCN(C(=O)c2cccs2)CC1. The fraction of sp³-hybridized carbons (Fsp3) is 0.316. The zero-order valence-electron chi connectivity index (χ0n) is 14.5. The molecule has 7 heteroatoms. The van der Waals surface area contributed by atoms with E-state index in [1.807, 2.05) is 52.7 Å². The molecule has 1 unspecified atom stereocenters. The zero-order valence-corrected chi connectivity index (χ0v) is 15.4. The molecule has 0 N–H and O–H groups in total. The summed E-state index contributed by atoms with van der Waals surface area (Å²) in [5.74, 6) is 1.34. The first kappa shape index (κ1) is 16.9. The van der Waals surface area contributed by atoms with Gasteiger partial charge in [-0.3, -0.25) is 9.69 Å². The van der Waals surface area contributed by atoms with Crippen LogP contribution >= 0.6 is 11.3 Å². The normalized spacial score (nSPS) is 16.6. The van der Waals surface area contributed by atoms with Gasteiger partial charge in [-0.15, -0.1) is 11.3 Å². The molecule has 1 aromatic carbocycles. The fourth-order valence-corrected chi connectivity index (χ4v) is 3.82. The number of carbonyl (C=O) groups is 1. The molecule has 1 saturated heterocycles. The Bertz CT molecular complexity index is 855. The van der Waals surface area contributed by atoms with E-state index >= 15 is 0 Å². The number of amides is 1. The Morgan fingerprint density at radius 1 is 1.12 bits per heavy atom. The van der Waals surface area contributed by atoms with Crippen LogP contribution in [0.1, 0.15) is 28.5 Å². The Hall–Kier alpha value is -2.51. The van der Waals surface area contributed by atoms with Crippen molar-refractivity contribution in [1.29, 1.82) is 0 Å². The number of hydrogen-bond acceptors (Lipinski definition) is 6. The number of carbonyl (C=O) groups excluding carboxylic acids is 1. The van der Waals surface area contributed by atoms with E-state index in [-0.39, 0.29) is 11.9 Å². The van der Waals surface area contributed by atoms with E-state index in [0.29, 0.717) is 24.8 Å². The molecule has 3 heterocycles. The smallest absolute Gasteiger partial charge is 0.264 e. The van der Waals surface area contributed by atoms with Crippen molar-refractivity contribution in [2.45, 2.75) is 13.0 Å². The van der Waals surface area contributed by atoms with Crippen molar-refractivity contribution in [3.63, 3.8) is 0 Å². The number of hydrogen-bond donors (Lipinski definition) is 0. The third kappa shape index (κ3) is 3.40. The highest BCUT2D eigenvalue weighted by molar-refractivity contribution is 7.12. The summed E-state index contributed by atoms with van der Waals surface area (Å²) in [6, 6.07) is 13.6. The van der Waals surface area contributed by atoms with E-state index in [1.165, 1.54) is 11.3 Å². The van der Waals surface area contributed by atoms with Crippen molar-refractivity contribution in [2.24, 2.45) is 0 Å². The molecule has 2 aromatic heterocycles. The summed E-state index contributed by atoms with van der Waals surface area (Å²) in [6.45, 7) is 5.07. The van der Waals surface area contributed by atoms with E-state index in [0.717, 1.165) is 23.5 Å². The minimum Gasteiger partial charge on any atom is -0.337 e. The lowest BCUT2D eigenvalue weighted by Crippen LogP contribution is -2.49. The topological polar surface area (TPSA) is 62.5 Å². The van der Waals surface area contributed by atoms with Crippen molar-refractivity contribution < 1.29 is 9.32 Å². The molecule has 6 nitrogen and oxygen atoms in total. The van der Waals surface area contributed by atoms with Gasteiger partial charge >= 0.3 is 0 Å². The lowest BCUT2D eigenvalue weighted by Gasteiger charge is -2.36. The largest absolute Gasteiger partial charge is 0.337 e. The molecule has 26 heavy (non-hydrogen) atoms. The van der Waals surface area contributed by atoms with Gasteiger partial charge in [-0.05, 0) is 18.4 Å². The van der Waals surface area contributed by atoms with Crippen LogP contribution in [0.15, 0.2) is 52.4 Å². The molecule has 0 saturated carbocycles. The minimum absolute atomic E-state index is 0.0268. The predicted molar refractivity (Wildman–Crippen MR) is 99.9 cm³/mol. The average molecular weight is 368 g/mol. The van der Waals surface area contributed by atoms with Crippen LogP contribution in [0.25, 0.3) is 11.4 Å². The van der Waals surface area contributed by atoms with Crippen LogP contribution in [0, 0.1) is 0 Å². The minimum atomic E-state index is 0.0268. The van der Waals surface area contributed by atoms with Gasteiger partial charge in [-0.2, -0.15) is 4.98 Å². The Morgan fingerprint density at radius 3 is 2.58 bits per heavy atom. The lowest BCUT2D eigenvalue weighted by atomic mass is 10.2. The molecule has 1 atom stereocenters. The average Bonchev–Trinajstić information content (AvgIpc) is 3.40. The van der Waals surface area contributed by atoms with Crippen LogP contribution in [0.3, 0.4) is 0 Å². The molecule has 0 radical (unpaired) electrons. The lowest BCUT2D eigenvalue weighted by molar-refractivity contribution is 0.0556.